The highest BCUT2D eigenvalue weighted by molar-refractivity contribution is 5.90. The molecule has 1 aromatic carbocycles. The SMILES string of the molecule is O=C1NCC(C(=O)N2CCc3cc(=O)n(-c4ccc(F)cc4)cc3C2)N1. The van der Waals surface area contributed by atoms with Gasteiger partial charge in [-0.2, -0.15) is 0 Å². The zero-order valence-corrected chi connectivity index (χ0v) is 13.9. The first-order valence-electron chi connectivity index (χ1n) is 8.35. The first-order chi connectivity index (χ1) is 12.5. The maximum atomic E-state index is 13.1. The number of pyridine rings is 1. The van der Waals surface area contributed by atoms with Crippen molar-refractivity contribution < 1.29 is 14.0 Å². The number of amides is 3. The molecule has 1 fully saturated rings. The van der Waals surface area contributed by atoms with E-state index < -0.39 is 6.04 Å². The lowest BCUT2D eigenvalue weighted by atomic mass is 10.0. The number of urea groups is 1. The van der Waals surface area contributed by atoms with E-state index in [0.29, 0.717) is 25.2 Å². The molecule has 8 heteroatoms. The summed E-state index contributed by atoms with van der Waals surface area (Å²) in [6.07, 6.45) is 2.28. The van der Waals surface area contributed by atoms with Crippen LogP contribution in [0.15, 0.2) is 41.3 Å². The molecule has 2 aromatic rings. The van der Waals surface area contributed by atoms with Crippen molar-refractivity contribution in [1.29, 1.82) is 0 Å². The van der Waals surface area contributed by atoms with E-state index in [0.717, 1.165) is 11.1 Å². The highest BCUT2D eigenvalue weighted by Crippen LogP contribution is 2.19. The molecule has 0 saturated carbocycles. The predicted octanol–water partition coefficient (Wildman–Crippen LogP) is 0.543. The molecule has 1 saturated heterocycles. The molecule has 0 aliphatic carbocycles. The first-order valence-corrected chi connectivity index (χ1v) is 8.35. The van der Waals surface area contributed by atoms with E-state index in [4.69, 9.17) is 0 Å². The minimum atomic E-state index is -0.563. The Morgan fingerprint density at radius 1 is 1.15 bits per heavy atom. The fraction of sp³-hybridized carbons (Fsp3) is 0.278. The van der Waals surface area contributed by atoms with Gasteiger partial charge in [0.05, 0.1) is 0 Å². The number of benzene rings is 1. The van der Waals surface area contributed by atoms with Gasteiger partial charge in [0, 0.05) is 37.6 Å². The number of carbonyl (C=O) groups excluding carboxylic acids is 2. The second-order valence-electron chi connectivity index (χ2n) is 6.43. The second-order valence-corrected chi connectivity index (χ2v) is 6.43. The van der Waals surface area contributed by atoms with Crippen molar-refractivity contribution >= 4 is 11.9 Å². The maximum Gasteiger partial charge on any atom is 0.315 e. The molecule has 1 aromatic heterocycles. The zero-order valence-electron chi connectivity index (χ0n) is 13.9. The number of hydrogen-bond acceptors (Lipinski definition) is 3. The van der Waals surface area contributed by atoms with E-state index >= 15 is 0 Å². The summed E-state index contributed by atoms with van der Waals surface area (Å²) in [6, 6.07) is 6.33. The molecule has 4 rings (SSSR count). The quantitative estimate of drug-likeness (QED) is 0.824. The fourth-order valence-electron chi connectivity index (χ4n) is 3.34. The lowest BCUT2D eigenvalue weighted by molar-refractivity contribution is -0.133. The summed E-state index contributed by atoms with van der Waals surface area (Å²) >= 11 is 0. The van der Waals surface area contributed by atoms with Crippen molar-refractivity contribution in [3.05, 3.63) is 63.8 Å². The minimum Gasteiger partial charge on any atom is -0.336 e. The molecular weight excluding hydrogens is 339 g/mol. The van der Waals surface area contributed by atoms with Crippen LogP contribution in [0, 0.1) is 5.82 Å². The van der Waals surface area contributed by atoms with Gasteiger partial charge in [0.1, 0.15) is 11.9 Å². The number of carbonyl (C=O) groups is 2. The van der Waals surface area contributed by atoms with Crippen molar-refractivity contribution in [2.75, 3.05) is 13.1 Å². The molecule has 7 nitrogen and oxygen atoms in total. The van der Waals surface area contributed by atoms with E-state index in [-0.39, 0.29) is 29.9 Å². The molecule has 0 radical (unpaired) electrons. The van der Waals surface area contributed by atoms with E-state index in [1.54, 1.807) is 17.2 Å². The lowest BCUT2D eigenvalue weighted by Gasteiger charge is -2.30. The van der Waals surface area contributed by atoms with Gasteiger partial charge in [0.25, 0.3) is 5.56 Å². The molecule has 0 bridgehead atoms. The summed E-state index contributed by atoms with van der Waals surface area (Å²) in [7, 11) is 0. The number of halogens is 1. The van der Waals surface area contributed by atoms with Gasteiger partial charge in [-0.15, -0.1) is 0 Å². The average Bonchev–Trinajstić information content (AvgIpc) is 3.07. The van der Waals surface area contributed by atoms with Gasteiger partial charge >= 0.3 is 6.03 Å². The van der Waals surface area contributed by atoms with E-state index in [1.807, 2.05) is 0 Å². The third-order valence-corrected chi connectivity index (χ3v) is 4.73. The van der Waals surface area contributed by atoms with E-state index in [2.05, 4.69) is 10.6 Å². The Bertz CT molecular complexity index is 938. The van der Waals surface area contributed by atoms with Crippen LogP contribution < -0.4 is 16.2 Å². The van der Waals surface area contributed by atoms with Crippen molar-refractivity contribution in [2.24, 2.45) is 0 Å². The summed E-state index contributed by atoms with van der Waals surface area (Å²) in [5.74, 6) is -0.516. The van der Waals surface area contributed by atoms with Crippen molar-refractivity contribution in [3.63, 3.8) is 0 Å². The number of nitrogens with zero attached hydrogens (tertiary/aromatic N) is 2. The summed E-state index contributed by atoms with van der Waals surface area (Å²) in [4.78, 5) is 37.9. The molecule has 134 valence electrons. The molecule has 1 unspecified atom stereocenters. The first kappa shape index (κ1) is 16.3. The largest absolute Gasteiger partial charge is 0.336 e. The molecule has 3 heterocycles. The van der Waals surface area contributed by atoms with Gasteiger partial charge < -0.3 is 15.5 Å². The Labute approximate surface area is 148 Å². The van der Waals surface area contributed by atoms with Crippen molar-refractivity contribution in [3.8, 4) is 5.69 Å². The van der Waals surface area contributed by atoms with Gasteiger partial charge in [-0.05, 0) is 41.8 Å². The standard InChI is InChI=1S/C18H17FN4O3/c19-13-1-3-14(4-2-13)23-10-12-9-22(6-5-11(12)7-16(23)24)17(25)15-8-20-18(26)21-15/h1-4,7,10,15H,5-6,8-9H2,(H2,20,21,26). The molecule has 3 amide bonds. The predicted molar refractivity (Wildman–Crippen MR) is 91.4 cm³/mol. The number of aromatic nitrogens is 1. The number of nitrogens with one attached hydrogen (secondary N) is 2. The Morgan fingerprint density at radius 2 is 1.92 bits per heavy atom. The minimum absolute atomic E-state index is 0.145. The Morgan fingerprint density at radius 3 is 2.62 bits per heavy atom. The van der Waals surface area contributed by atoms with Crippen LogP contribution in [0.3, 0.4) is 0 Å². The topological polar surface area (TPSA) is 83.4 Å². The Kier molecular flexibility index (Phi) is 3.95. The summed E-state index contributed by atoms with van der Waals surface area (Å²) in [5.41, 5.74) is 2.15. The summed E-state index contributed by atoms with van der Waals surface area (Å²) < 4.78 is 14.6. The third kappa shape index (κ3) is 2.94. The van der Waals surface area contributed by atoms with Gasteiger partial charge in [-0.25, -0.2) is 9.18 Å². The number of rotatable bonds is 2. The summed E-state index contributed by atoms with van der Waals surface area (Å²) in [6.45, 7) is 1.14. The lowest BCUT2D eigenvalue weighted by Crippen LogP contribution is -2.47. The molecule has 1 atom stereocenters. The number of fused-ring (bicyclic) bond motifs is 1. The third-order valence-electron chi connectivity index (χ3n) is 4.73. The van der Waals surface area contributed by atoms with E-state index in [9.17, 15) is 18.8 Å². The van der Waals surface area contributed by atoms with Crippen LogP contribution >= 0.6 is 0 Å². The van der Waals surface area contributed by atoms with Crippen LogP contribution in [0.25, 0.3) is 5.69 Å². The molecule has 2 aliphatic rings. The molecular formula is C18H17FN4O3. The van der Waals surface area contributed by atoms with Crippen LogP contribution in [0.2, 0.25) is 0 Å². The maximum absolute atomic E-state index is 13.1. The molecule has 2 aliphatic heterocycles. The highest BCUT2D eigenvalue weighted by Gasteiger charge is 2.32. The summed E-state index contributed by atoms with van der Waals surface area (Å²) in [5, 5.41) is 5.17. The molecule has 0 spiro atoms. The molecule has 26 heavy (non-hydrogen) atoms. The van der Waals surface area contributed by atoms with Crippen molar-refractivity contribution in [1.82, 2.24) is 20.1 Å². The monoisotopic (exact) mass is 356 g/mol. The number of hydrogen-bond donors (Lipinski definition) is 2. The van der Waals surface area contributed by atoms with Crippen LogP contribution in [0.1, 0.15) is 11.1 Å². The average molecular weight is 356 g/mol. The second kappa shape index (κ2) is 6.29. The van der Waals surface area contributed by atoms with Crippen LogP contribution in [0.4, 0.5) is 9.18 Å². The zero-order chi connectivity index (χ0) is 18.3. The van der Waals surface area contributed by atoms with Crippen LogP contribution in [-0.2, 0) is 17.8 Å². The molecule has 2 N–H and O–H groups in total. The Balaban J connectivity index is 1.61. The Hall–Kier alpha value is -3.16. The fourth-order valence-corrected chi connectivity index (χ4v) is 3.34. The van der Waals surface area contributed by atoms with Crippen molar-refractivity contribution in [2.45, 2.75) is 19.0 Å². The van der Waals surface area contributed by atoms with Gasteiger partial charge in [-0.1, -0.05) is 0 Å². The van der Waals surface area contributed by atoms with Crippen LogP contribution in [0.5, 0.6) is 0 Å². The van der Waals surface area contributed by atoms with E-state index in [1.165, 1.54) is 28.8 Å². The normalized spacial score (nSPS) is 18.9. The van der Waals surface area contributed by atoms with Crippen LogP contribution in [-0.4, -0.2) is 40.5 Å². The highest BCUT2D eigenvalue weighted by atomic mass is 19.1. The van der Waals surface area contributed by atoms with Gasteiger partial charge in [-0.3, -0.25) is 14.2 Å². The smallest absolute Gasteiger partial charge is 0.315 e. The van der Waals surface area contributed by atoms with Gasteiger partial charge in [0.2, 0.25) is 5.91 Å². The van der Waals surface area contributed by atoms with Gasteiger partial charge in [0.15, 0.2) is 0 Å².